The molecule has 1 aliphatic carbocycles. The number of nitrogens with zero attached hydrogens (tertiary/aromatic N) is 1. The van der Waals surface area contributed by atoms with Gasteiger partial charge >= 0.3 is 0 Å². The third kappa shape index (κ3) is 5.83. The van der Waals surface area contributed by atoms with E-state index in [0.29, 0.717) is 6.42 Å². The van der Waals surface area contributed by atoms with Crippen LogP contribution < -0.4 is 0 Å². The van der Waals surface area contributed by atoms with Crippen LogP contribution in [-0.4, -0.2) is 28.3 Å². The summed E-state index contributed by atoms with van der Waals surface area (Å²) >= 11 is 0. The highest BCUT2D eigenvalue weighted by atomic mass is 32.2. The number of hydrogen-bond acceptors (Lipinski definition) is 5. The Bertz CT molecular complexity index is 997. The van der Waals surface area contributed by atoms with Crippen LogP contribution in [0.25, 0.3) is 0 Å². The van der Waals surface area contributed by atoms with Crippen molar-refractivity contribution in [3.63, 3.8) is 0 Å². The second kappa shape index (κ2) is 9.14. The first-order valence-corrected chi connectivity index (χ1v) is 15.3. The molecule has 31 heavy (non-hydrogen) atoms. The number of benzene rings is 1. The second-order valence-corrected chi connectivity index (χ2v) is 16.5. The van der Waals surface area contributed by atoms with E-state index < -0.39 is 18.4 Å². The predicted molar refractivity (Wildman–Crippen MR) is 126 cm³/mol. The normalized spacial score (nSPS) is 20.2. The van der Waals surface area contributed by atoms with Crippen molar-refractivity contribution in [1.82, 2.24) is 4.98 Å². The molecule has 0 spiro atoms. The van der Waals surface area contributed by atoms with Gasteiger partial charge in [0, 0.05) is 6.20 Å². The first kappa shape index (κ1) is 24.1. The monoisotopic (exact) mass is 461 g/mol. The summed E-state index contributed by atoms with van der Waals surface area (Å²) in [6, 6.07) is 10.8. The smallest absolute Gasteiger partial charge is 0.296 e. The maximum Gasteiger partial charge on any atom is 0.296 e. The third-order valence-electron chi connectivity index (χ3n) is 6.61. The number of aryl methyl sites for hydroxylation is 2. The Morgan fingerprint density at radius 1 is 1.13 bits per heavy atom. The van der Waals surface area contributed by atoms with Gasteiger partial charge in [-0.1, -0.05) is 44.5 Å². The average Bonchev–Trinajstić information content (AvgIpc) is 2.85. The Labute approximate surface area is 188 Å². The zero-order valence-electron chi connectivity index (χ0n) is 19.5. The molecule has 5 nitrogen and oxygen atoms in total. The highest BCUT2D eigenvalue weighted by molar-refractivity contribution is 7.86. The van der Waals surface area contributed by atoms with Crippen LogP contribution in [0.15, 0.2) is 47.5 Å². The molecule has 0 aliphatic heterocycles. The lowest BCUT2D eigenvalue weighted by atomic mass is 10.00. The van der Waals surface area contributed by atoms with E-state index in [1.54, 1.807) is 24.3 Å². The van der Waals surface area contributed by atoms with Crippen LogP contribution in [-0.2, 0) is 25.1 Å². The number of aromatic nitrogens is 1. The van der Waals surface area contributed by atoms with Crippen LogP contribution in [0, 0.1) is 12.8 Å². The van der Waals surface area contributed by atoms with E-state index in [9.17, 15) is 8.42 Å². The van der Waals surface area contributed by atoms with Gasteiger partial charge in [0.05, 0.1) is 23.3 Å². The number of rotatable bonds is 6. The van der Waals surface area contributed by atoms with Gasteiger partial charge in [-0.2, -0.15) is 8.42 Å². The fourth-order valence-corrected chi connectivity index (χ4v) is 5.84. The second-order valence-electron chi connectivity index (χ2n) is 10.1. The van der Waals surface area contributed by atoms with Gasteiger partial charge in [0.15, 0.2) is 8.32 Å². The fraction of sp³-hybridized carbons (Fsp3) is 0.542. The van der Waals surface area contributed by atoms with E-state index in [-0.39, 0.29) is 28.6 Å². The highest BCUT2D eigenvalue weighted by Gasteiger charge is 2.41. The van der Waals surface area contributed by atoms with E-state index in [4.69, 9.17) is 8.61 Å². The summed E-state index contributed by atoms with van der Waals surface area (Å²) in [7, 11) is -5.81. The minimum absolute atomic E-state index is 0.0733. The molecular formula is C24H35NO4SSi. The molecule has 2 atom stereocenters. The zero-order valence-corrected chi connectivity index (χ0v) is 21.3. The van der Waals surface area contributed by atoms with Gasteiger partial charge in [0.2, 0.25) is 0 Å². The minimum atomic E-state index is -3.78. The largest absolute Gasteiger partial charge is 0.408 e. The van der Waals surface area contributed by atoms with Gasteiger partial charge < -0.3 is 4.43 Å². The number of hydrogen-bond donors (Lipinski definition) is 0. The Hall–Kier alpha value is -1.54. The standard InChI is InChI=1S/C24H35NO4SSi/c1-18-9-13-21(14-10-18)30(26,27)28-17-19-11-12-20-8-7-15-25-23(20)22(16-19)29-31(5,6)24(2,3)4/h7-10,13-15,19,22H,11-12,16-17H2,1-6H3/t19-,22+/m1/s1. The molecule has 3 rings (SSSR count). The molecule has 0 amide bonds. The van der Waals surface area contributed by atoms with E-state index in [0.717, 1.165) is 24.1 Å². The number of pyridine rings is 1. The van der Waals surface area contributed by atoms with Crippen LogP contribution in [0.4, 0.5) is 0 Å². The lowest BCUT2D eigenvalue weighted by molar-refractivity contribution is 0.129. The van der Waals surface area contributed by atoms with Gasteiger partial charge in [-0.15, -0.1) is 0 Å². The van der Waals surface area contributed by atoms with Crippen molar-refractivity contribution < 1.29 is 17.0 Å². The molecule has 1 aromatic heterocycles. The van der Waals surface area contributed by atoms with E-state index in [2.05, 4.69) is 44.9 Å². The maximum atomic E-state index is 12.7. The molecule has 0 radical (unpaired) electrons. The Morgan fingerprint density at radius 2 is 1.81 bits per heavy atom. The molecule has 0 saturated carbocycles. The molecule has 0 saturated heterocycles. The topological polar surface area (TPSA) is 65.5 Å². The molecule has 1 heterocycles. The predicted octanol–water partition coefficient (Wildman–Crippen LogP) is 5.81. The van der Waals surface area contributed by atoms with E-state index >= 15 is 0 Å². The van der Waals surface area contributed by atoms with E-state index in [1.165, 1.54) is 5.56 Å². The Balaban J connectivity index is 1.78. The van der Waals surface area contributed by atoms with Crippen LogP contribution in [0.5, 0.6) is 0 Å². The molecule has 170 valence electrons. The van der Waals surface area contributed by atoms with Crippen molar-refractivity contribution in [2.45, 2.75) is 76.1 Å². The summed E-state index contributed by atoms with van der Waals surface area (Å²) in [5.74, 6) is 0.0733. The lowest BCUT2D eigenvalue weighted by Crippen LogP contribution is -2.42. The van der Waals surface area contributed by atoms with Crippen molar-refractivity contribution in [3.8, 4) is 0 Å². The highest BCUT2D eigenvalue weighted by Crippen LogP contribution is 2.43. The summed E-state index contributed by atoms with van der Waals surface area (Å²) in [6.45, 7) is 13.2. The summed E-state index contributed by atoms with van der Waals surface area (Å²) < 4.78 is 37.6. The van der Waals surface area contributed by atoms with Crippen molar-refractivity contribution in [3.05, 3.63) is 59.4 Å². The molecule has 0 unspecified atom stereocenters. The van der Waals surface area contributed by atoms with Gasteiger partial charge in [-0.05, 0) is 74.0 Å². The molecular weight excluding hydrogens is 426 g/mol. The van der Waals surface area contributed by atoms with Crippen LogP contribution >= 0.6 is 0 Å². The first-order valence-electron chi connectivity index (χ1n) is 11.0. The van der Waals surface area contributed by atoms with E-state index in [1.807, 2.05) is 19.2 Å². The molecule has 0 fully saturated rings. The quantitative estimate of drug-likeness (QED) is 0.308. The van der Waals surface area contributed by atoms with Crippen LogP contribution in [0.2, 0.25) is 18.1 Å². The Morgan fingerprint density at radius 3 is 2.45 bits per heavy atom. The van der Waals surface area contributed by atoms with Crippen molar-refractivity contribution in [2.24, 2.45) is 5.92 Å². The summed E-state index contributed by atoms with van der Waals surface area (Å²) in [4.78, 5) is 4.86. The van der Waals surface area contributed by atoms with Gasteiger partial charge in [-0.3, -0.25) is 9.17 Å². The van der Waals surface area contributed by atoms with Crippen LogP contribution in [0.1, 0.15) is 56.5 Å². The van der Waals surface area contributed by atoms with Crippen molar-refractivity contribution in [2.75, 3.05) is 6.61 Å². The average molecular weight is 462 g/mol. The minimum Gasteiger partial charge on any atom is -0.408 e. The Kier molecular flexibility index (Phi) is 7.10. The van der Waals surface area contributed by atoms with Crippen molar-refractivity contribution >= 4 is 18.4 Å². The maximum absolute atomic E-state index is 12.7. The molecule has 0 N–H and O–H groups in total. The molecule has 7 heteroatoms. The SMILES string of the molecule is Cc1ccc(S(=O)(=O)OC[C@@H]2CCc3cccnc3[C@@H](O[Si](C)(C)C(C)(C)C)C2)cc1. The fourth-order valence-electron chi connectivity index (χ4n) is 3.59. The molecule has 2 aromatic rings. The first-order chi connectivity index (χ1) is 14.4. The van der Waals surface area contributed by atoms with Crippen molar-refractivity contribution in [1.29, 1.82) is 0 Å². The molecule has 0 bridgehead atoms. The summed E-state index contributed by atoms with van der Waals surface area (Å²) in [5.41, 5.74) is 3.20. The molecule has 1 aliphatic rings. The summed E-state index contributed by atoms with van der Waals surface area (Å²) in [6.07, 6.45) is 4.08. The van der Waals surface area contributed by atoms with Gasteiger partial charge in [-0.25, -0.2) is 0 Å². The number of fused-ring (bicyclic) bond motifs is 1. The zero-order chi connectivity index (χ0) is 22.9. The van der Waals surface area contributed by atoms with Crippen LogP contribution in [0.3, 0.4) is 0 Å². The molecule has 1 aromatic carbocycles. The van der Waals surface area contributed by atoms with Gasteiger partial charge in [0.1, 0.15) is 0 Å². The van der Waals surface area contributed by atoms with Gasteiger partial charge in [0.25, 0.3) is 10.1 Å². The lowest BCUT2D eigenvalue weighted by Gasteiger charge is -2.39. The third-order valence-corrected chi connectivity index (χ3v) is 12.4. The summed E-state index contributed by atoms with van der Waals surface area (Å²) in [5, 5.41) is 0.0784.